The Morgan fingerprint density at radius 2 is 2.12 bits per heavy atom. The lowest BCUT2D eigenvalue weighted by molar-refractivity contribution is -0.384. The van der Waals surface area contributed by atoms with Crippen molar-refractivity contribution < 1.29 is 4.92 Å². The second kappa shape index (κ2) is 8.19. The molecular formula is C17H11ClN4O2S2. The molecule has 0 unspecified atom stereocenters. The van der Waals surface area contributed by atoms with Crippen LogP contribution in [0.3, 0.4) is 0 Å². The molecule has 0 saturated heterocycles. The molecule has 6 nitrogen and oxygen atoms in total. The minimum absolute atomic E-state index is 0.0978. The molecule has 0 fully saturated rings. The molecular weight excluding hydrogens is 392 g/mol. The Kier molecular flexibility index (Phi) is 5.73. The molecule has 0 amide bonds. The van der Waals surface area contributed by atoms with Crippen LogP contribution in [0.5, 0.6) is 0 Å². The largest absolute Gasteiger partial charge is 0.379 e. The van der Waals surface area contributed by atoms with Gasteiger partial charge in [-0.1, -0.05) is 35.5 Å². The lowest BCUT2D eigenvalue weighted by atomic mass is 10.2. The summed E-state index contributed by atoms with van der Waals surface area (Å²) in [4.78, 5) is 17.0. The Balaban J connectivity index is 1.82. The second-order valence-corrected chi connectivity index (χ2v) is 7.86. The van der Waals surface area contributed by atoms with Gasteiger partial charge in [0.2, 0.25) is 0 Å². The van der Waals surface area contributed by atoms with Crippen LogP contribution in [0.15, 0.2) is 58.5 Å². The van der Waals surface area contributed by atoms with Gasteiger partial charge in [0, 0.05) is 38.7 Å². The van der Waals surface area contributed by atoms with Crippen LogP contribution in [0.2, 0.25) is 4.47 Å². The van der Waals surface area contributed by atoms with Crippen LogP contribution < -0.4 is 5.32 Å². The maximum atomic E-state index is 10.9. The summed E-state index contributed by atoms with van der Waals surface area (Å²) in [6.07, 6.45) is 1.72. The first-order chi connectivity index (χ1) is 12.6. The molecule has 2 aromatic carbocycles. The summed E-state index contributed by atoms with van der Waals surface area (Å²) in [5, 5.41) is 23.5. The quantitative estimate of drug-likeness (QED) is 0.442. The smallest absolute Gasteiger partial charge is 0.270 e. The van der Waals surface area contributed by atoms with Crippen LogP contribution in [0, 0.1) is 21.4 Å². The van der Waals surface area contributed by atoms with Gasteiger partial charge in [0.25, 0.3) is 5.69 Å². The normalized spacial score (nSPS) is 10.3. The predicted molar refractivity (Wildman–Crippen MR) is 103 cm³/mol. The number of anilines is 1. The molecule has 1 aromatic heterocycles. The fraction of sp³-hybridized carbons (Fsp3) is 0.0588. The van der Waals surface area contributed by atoms with Crippen LogP contribution in [-0.2, 0) is 6.54 Å². The van der Waals surface area contributed by atoms with Gasteiger partial charge in [-0.05, 0) is 18.2 Å². The average molecular weight is 403 g/mol. The van der Waals surface area contributed by atoms with E-state index in [1.807, 2.05) is 30.3 Å². The van der Waals surface area contributed by atoms with E-state index in [0.717, 1.165) is 15.5 Å². The zero-order valence-corrected chi connectivity index (χ0v) is 15.6. The van der Waals surface area contributed by atoms with Crippen LogP contribution in [-0.4, -0.2) is 9.91 Å². The molecule has 3 aromatic rings. The number of nitro groups is 1. The summed E-state index contributed by atoms with van der Waals surface area (Å²) in [5.41, 5.74) is 1.07. The summed E-state index contributed by atoms with van der Waals surface area (Å²) in [7, 11) is 0. The first-order valence-corrected chi connectivity index (χ1v) is 9.37. The number of rotatable bonds is 6. The monoisotopic (exact) mass is 402 g/mol. The van der Waals surface area contributed by atoms with Gasteiger partial charge in [-0.15, -0.1) is 11.3 Å². The maximum absolute atomic E-state index is 10.9. The van der Waals surface area contributed by atoms with E-state index in [0.29, 0.717) is 15.9 Å². The number of benzene rings is 2. The van der Waals surface area contributed by atoms with Crippen molar-refractivity contribution in [3.63, 3.8) is 0 Å². The molecule has 26 heavy (non-hydrogen) atoms. The van der Waals surface area contributed by atoms with E-state index in [4.69, 9.17) is 11.6 Å². The van der Waals surface area contributed by atoms with Gasteiger partial charge in [-0.2, -0.15) is 5.26 Å². The highest BCUT2D eigenvalue weighted by Gasteiger charge is 2.13. The zero-order valence-electron chi connectivity index (χ0n) is 13.2. The van der Waals surface area contributed by atoms with Crippen molar-refractivity contribution in [2.75, 3.05) is 5.32 Å². The number of nitro benzene ring substituents is 1. The zero-order chi connectivity index (χ0) is 18.5. The summed E-state index contributed by atoms with van der Waals surface area (Å²) in [6.45, 7) is 0.577. The average Bonchev–Trinajstić information content (AvgIpc) is 3.06. The molecule has 0 aliphatic heterocycles. The van der Waals surface area contributed by atoms with Crippen molar-refractivity contribution >= 4 is 46.1 Å². The van der Waals surface area contributed by atoms with Crippen molar-refractivity contribution in [1.29, 1.82) is 5.26 Å². The van der Waals surface area contributed by atoms with Crippen LogP contribution in [0.4, 0.5) is 11.4 Å². The van der Waals surface area contributed by atoms with Crippen LogP contribution >= 0.6 is 34.7 Å². The Labute approximate surface area is 162 Å². The molecule has 3 rings (SSSR count). The number of hydrogen-bond donors (Lipinski definition) is 1. The fourth-order valence-corrected chi connectivity index (χ4v) is 4.08. The van der Waals surface area contributed by atoms with Gasteiger partial charge in [-0.3, -0.25) is 10.1 Å². The van der Waals surface area contributed by atoms with Gasteiger partial charge in [0.05, 0.1) is 17.0 Å². The number of halogens is 1. The number of nitrogens with one attached hydrogen (secondary N) is 1. The minimum Gasteiger partial charge on any atom is -0.379 e. The van der Waals surface area contributed by atoms with E-state index in [2.05, 4.69) is 10.3 Å². The summed E-state index contributed by atoms with van der Waals surface area (Å²) >= 11 is 8.63. The van der Waals surface area contributed by atoms with Crippen molar-refractivity contribution in [2.24, 2.45) is 0 Å². The molecule has 0 bridgehead atoms. The SMILES string of the molecule is N#Cc1cc([N+](=O)[O-])ccc1Sc1ccccc1NCc1cnc(Cl)s1. The molecule has 0 spiro atoms. The van der Waals surface area contributed by atoms with E-state index in [1.165, 1.54) is 35.2 Å². The number of thiazole rings is 1. The van der Waals surface area contributed by atoms with Crippen LogP contribution in [0.1, 0.15) is 10.4 Å². The third-order valence-corrected chi connectivity index (χ3v) is 5.65. The lowest BCUT2D eigenvalue weighted by Crippen LogP contribution is -1.99. The van der Waals surface area contributed by atoms with Gasteiger partial charge >= 0.3 is 0 Å². The number of non-ortho nitro benzene ring substituents is 1. The molecule has 130 valence electrons. The molecule has 0 aliphatic carbocycles. The van der Waals surface area contributed by atoms with Crippen molar-refractivity contribution in [1.82, 2.24) is 4.98 Å². The Morgan fingerprint density at radius 1 is 1.31 bits per heavy atom. The van der Waals surface area contributed by atoms with E-state index in [-0.39, 0.29) is 11.3 Å². The number of nitrogens with zero attached hydrogens (tertiary/aromatic N) is 3. The fourth-order valence-electron chi connectivity index (χ4n) is 2.18. The van der Waals surface area contributed by atoms with Crippen molar-refractivity contribution in [2.45, 2.75) is 16.3 Å². The first-order valence-electron chi connectivity index (χ1n) is 7.36. The van der Waals surface area contributed by atoms with Gasteiger partial charge in [-0.25, -0.2) is 4.98 Å². The maximum Gasteiger partial charge on any atom is 0.270 e. The Bertz CT molecular complexity index is 1000. The summed E-state index contributed by atoms with van der Waals surface area (Å²) in [5.74, 6) is 0. The Hall–Kier alpha value is -2.60. The molecule has 0 atom stereocenters. The highest BCUT2D eigenvalue weighted by molar-refractivity contribution is 7.99. The number of hydrogen-bond acceptors (Lipinski definition) is 7. The van der Waals surface area contributed by atoms with Crippen molar-refractivity contribution in [3.05, 3.63) is 73.7 Å². The third-order valence-electron chi connectivity index (χ3n) is 3.38. The van der Waals surface area contributed by atoms with Crippen LogP contribution in [0.25, 0.3) is 0 Å². The van der Waals surface area contributed by atoms with E-state index >= 15 is 0 Å². The molecule has 0 saturated carbocycles. The molecule has 1 N–H and O–H groups in total. The number of aromatic nitrogens is 1. The Morgan fingerprint density at radius 3 is 2.81 bits per heavy atom. The highest BCUT2D eigenvalue weighted by atomic mass is 35.5. The van der Waals surface area contributed by atoms with E-state index < -0.39 is 4.92 Å². The van der Waals surface area contributed by atoms with E-state index in [1.54, 1.807) is 12.3 Å². The number of nitriles is 1. The number of para-hydroxylation sites is 1. The summed E-state index contributed by atoms with van der Waals surface area (Å²) in [6, 6.07) is 14.0. The second-order valence-electron chi connectivity index (χ2n) is 5.08. The first kappa shape index (κ1) is 18.2. The van der Waals surface area contributed by atoms with Gasteiger partial charge < -0.3 is 5.32 Å². The van der Waals surface area contributed by atoms with Gasteiger partial charge in [0.15, 0.2) is 4.47 Å². The van der Waals surface area contributed by atoms with Crippen molar-refractivity contribution in [3.8, 4) is 6.07 Å². The third kappa shape index (κ3) is 4.32. The molecule has 0 aliphatic rings. The molecule has 1 heterocycles. The summed E-state index contributed by atoms with van der Waals surface area (Å²) < 4.78 is 0.494. The topological polar surface area (TPSA) is 91.8 Å². The lowest BCUT2D eigenvalue weighted by Gasteiger charge is -2.11. The molecule has 9 heteroatoms. The highest BCUT2D eigenvalue weighted by Crippen LogP contribution is 2.36. The predicted octanol–water partition coefficient (Wildman–Crippen LogP) is 5.34. The molecule has 0 radical (unpaired) electrons. The minimum atomic E-state index is -0.509. The standard InChI is InChI=1S/C17H11ClN4O2S2/c18-17-21-10-13(25-17)9-20-14-3-1-2-4-16(14)26-15-6-5-12(22(23)24)7-11(15)8-19/h1-7,10,20H,9H2. The van der Waals surface area contributed by atoms with Gasteiger partial charge in [0.1, 0.15) is 6.07 Å². The van der Waals surface area contributed by atoms with E-state index in [9.17, 15) is 15.4 Å².